The van der Waals surface area contributed by atoms with E-state index in [0.717, 1.165) is 6.26 Å². The fourth-order valence-electron chi connectivity index (χ4n) is 0.947. The van der Waals surface area contributed by atoms with Crippen LogP contribution in [0.1, 0.15) is 0 Å². The first kappa shape index (κ1) is 10.5. The van der Waals surface area contributed by atoms with Gasteiger partial charge in [0.15, 0.2) is 9.84 Å². The molecule has 0 radical (unpaired) electrons. The number of nitrogens with one attached hydrogen (secondary N) is 1. The van der Waals surface area contributed by atoms with E-state index >= 15 is 0 Å². The Balaban J connectivity index is 3.08. The zero-order valence-electron chi connectivity index (χ0n) is 7.52. The lowest BCUT2D eigenvalue weighted by atomic mass is 10.3. The van der Waals surface area contributed by atoms with Crippen LogP contribution in [0.5, 0.6) is 0 Å². The van der Waals surface area contributed by atoms with Gasteiger partial charge in [0.25, 0.3) is 0 Å². The molecule has 1 aromatic carbocycles. The van der Waals surface area contributed by atoms with Gasteiger partial charge >= 0.3 is 6.03 Å². The highest BCUT2D eigenvalue weighted by atomic mass is 32.2. The zero-order chi connectivity index (χ0) is 10.8. The zero-order valence-corrected chi connectivity index (χ0v) is 8.34. The van der Waals surface area contributed by atoms with Crippen LogP contribution in [0.2, 0.25) is 0 Å². The van der Waals surface area contributed by atoms with Crippen LogP contribution in [0.15, 0.2) is 29.2 Å². The molecule has 3 N–H and O–H groups in total. The van der Waals surface area contributed by atoms with Gasteiger partial charge < -0.3 is 11.1 Å². The molecule has 5 nitrogen and oxygen atoms in total. The summed E-state index contributed by atoms with van der Waals surface area (Å²) in [5.74, 6) is 0. The van der Waals surface area contributed by atoms with E-state index in [-0.39, 0.29) is 4.90 Å². The molecule has 0 bridgehead atoms. The fraction of sp³-hybridized carbons (Fsp3) is 0.125. The van der Waals surface area contributed by atoms with Gasteiger partial charge in [-0.05, 0) is 18.2 Å². The highest BCUT2D eigenvalue weighted by Crippen LogP contribution is 2.14. The first-order valence-electron chi connectivity index (χ1n) is 3.76. The lowest BCUT2D eigenvalue weighted by Crippen LogP contribution is -2.19. The van der Waals surface area contributed by atoms with Crippen molar-refractivity contribution in [2.45, 2.75) is 4.90 Å². The van der Waals surface area contributed by atoms with Crippen LogP contribution >= 0.6 is 0 Å². The Morgan fingerprint density at radius 1 is 1.43 bits per heavy atom. The smallest absolute Gasteiger partial charge is 0.316 e. The molecule has 14 heavy (non-hydrogen) atoms. The number of nitrogens with two attached hydrogens (primary N) is 1. The summed E-state index contributed by atoms with van der Waals surface area (Å²) in [6.45, 7) is 0. The van der Waals surface area contributed by atoms with Gasteiger partial charge in [-0.25, -0.2) is 13.2 Å². The van der Waals surface area contributed by atoms with E-state index < -0.39 is 15.9 Å². The molecule has 0 aliphatic carbocycles. The molecule has 0 saturated heterocycles. The van der Waals surface area contributed by atoms with Crippen molar-refractivity contribution in [3.8, 4) is 0 Å². The average molecular weight is 214 g/mol. The molecular weight excluding hydrogens is 204 g/mol. The molecule has 6 heteroatoms. The lowest BCUT2D eigenvalue weighted by molar-refractivity contribution is 0.259. The third-order valence-corrected chi connectivity index (χ3v) is 2.64. The minimum absolute atomic E-state index is 0.142. The summed E-state index contributed by atoms with van der Waals surface area (Å²) in [6.07, 6.45) is 1.09. The van der Waals surface area contributed by atoms with Gasteiger partial charge in [0.05, 0.1) is 4.90 Å². The van der Waals surface area contributed by atoms with Crippen molar-refractivity contribution in [2.75, 3.05) is 11.6 Å². The molecule has 0 aliphatic rings. The Hall–Kier alpha value is -1.56. The topological polar surface area (TPSA) is 89.3 Å². The van der Waals surface area contributed by atoms with E-state index in [4.69, 9.17) is 5.73 Å². The van der Waals surface area contributed by atoms with Gasteiger partial charge in [-0.1, -0.05) is 6.07 Å². The second kappa shape index (κ2) is 3.67. The Morgan fingerprint density at radius 2 is 2.07 bits per heavy atom. The molecule has 1 aromatic rings. The maximum atomic E-state index is 11.1. The summed E-state index contributed by atoms with van der Waals surface area (Å²) in [7, 11) is -3.25. The first-order chi connectivity index (χ1) is 6.39. The SMILES string of the molecule is CS(=O)(=O)c1cccc(NC(N)=O)c1. The molecule has 0 unspecified atom stereocenters. The number of carbonyl (C=O) groups excluding carboxylic acids is 1. The van der Waals surface area contributed by atoms with E-state index in [1.807, 2.05) is 0 Å². The van der Waals surface area contributed by atoms with Gasteiger partial charge in [-0.2, -0.15) is 0 Å². The van der Waals surface area contributed by atoms with Crippen molar-refractivity contribution in [1.29, 1.82) is 0 Å². The summed E-state index contributed by atoms with van der Waals surface area (Å²) < 4.78 is 22.3. The molecular formula is C8H10N2O3S. The van der Waals surface area contributed by atoms with Crippen LogP contribution in [0.4, 0.5) is 10.5 Å². The molecule has 0 aromatic heterocycles. The number of hydrogen-bond donors (Lipinski definition) is 2. The normalized spacial score (nSPS) is 10.9. The second-order valence-electron chi connectivity index (χ2n) is 2.79. The molecule has 0 heterocycles. The monoisotopic (exact) mass is 214 g/mol. The number of benzene rings is 1. The van der Waals surface area contributed by atoms with Gasteiger partial charge in [0.1, 0.15) is 0 Å². The number of carbonyl (C=O) groups is 1. The molecule has 0 atom stereocenters. The lowest BCUT2D eigenvalue weighted by Gasteiger charge is -2.03. The third-order valence-electron chi connectivity index (χ3n) is 1.53. The van der Waals surface area contributed by atoms with E-state index in [2.05, 4.69) is 5.32 Å². The number of urea groups is 1. The predicted octanol–water partition coefficient (Wildman–Crippen LogP) is 0.581. The van der Waals surface area contributed by atoms with E-state index in [1.54, 1.807) is 6.07 Å². The molecule has 1 rings (SSSR count). The van der Waals surface area contributed by atoms with Crippen molar-refractivity contribution in [3.63, 3.8) is 0 Å². The van der Waals surface area contributed by atoms with Crippen LogP contribution in [-0.2, 0) is 9.84 Å². The number of primary amides is 1. The van der Waals surface area contributed by atoms with Gasteiger partial charge in [0.2, 0.25) is 0 Å². The average Bonchev–Trinajstić information content (AvgIpc) is 2.01. The molecule has 2 amide bonds. The largest absolute Gasteiger partial charge is 0.351 e. The second-order valence-corrected chi connectivity index (χ2v) is 4.80. The van der Waals surface area contributed by atoms with Crippen molar-refractivity contribution < 1.29 is 13.2 Å². The highest BCUT2D eigenvalue weighted by molar-refractivity contribution is 7.90. The van der Waals surface area contributed by atoms with E-state index in [9.17, 15) is 13.2 Å². The van der Waals surface area contributed by atoms with Crippen molar-refractivity contribution in [1.82, 2.24) is 0 Å². The van der Waals surface area contributed by atoms with Gasteiger partial charge in [-0.15, -0.1) is 0 Å². The van der Waals surface area contributed by atoms with E-state index in [1.165, 1.54) is 18.2 Å². The molecule has 0 fully saturated rings. The molecule has 76 valence electrons. The van der Waals surface area contributed by atoms with Gasteiger partial charge in [-0.3, -0.25) is 0 Å². The van der Waals surface area contributed by atoms with Crippen molar-refractivity contribution in [2.24, 2.45) is 5.73 Å². The Labute approximate surface area is 81.8 Å². The minimum Gasteiger partial charge on any atom is -0.351 e. The van der Waals surface area contributed by atoms with Crippen LogP contribution in [0.25, 0.3) is 0 Å². The number of hydrogen-bond acceptors (Lipinski definition) is 3. The molecule has 0 saturated carbocycles. The number of sulfone groups is 1. The fourth-order valence-corrected chi connectivity index (χ4v) is 1.61. The summed E-state index contributed by atoms with van der Waals surface area (Å²) in [5, 5.41) is 2.29. The number of amides is 2. The minimum atomic E-state index is -3.25. The molecule has 0 spiro atoms. The maximum Gasteiger partial charge on any atom is 0.316 e. The van der Waals surface area contributed by atoms with Crippen LogP contribution in [0.3, 0.4) is 0 Å². The van der Waals surface area contributed by atoms with Crippen LogP contribution < -0.4 is 11.1 Å². The Morgan fingerprint density at radius 3 is 2.57 bits per heavy atom. The quantitative estimate of drug-likeness (QED) is 0.754. The Bertz CT molecular complexity index is 453. The van der Waals surface area contributed by atoms with E-state index in [0.29, 0.717) is 5.69 Å². The molecule has 0 aliphatic heterocycles. The third kappa shape index (κ3) is 2.74. The highest BCUT2D eigenvalue weighted by Gasteiger charge is 2.07. The Kier molecular flexibility index (Phi) is 2.76. The summed E-state index contributed by atoms with van der Waals surface area (Å²) in [4.78, 5) is 10.6. The number of anilines is 1. The maximum absolute atomic E-state index is 11.1. The summed E-state index contributed by atoms with van der Waals surface area (Å²) in [5.41, 5.74) is 5.25. The number of rotatable bonds is 2. The van der Waals surface area contributed by atoms with Crippen LogP contribution in [0, 0.1) is 0 Å². The van der Waals surface area contributed by atoms with Crippen LogP contribution in [-0.4, -0.2) is 20.7 Å². The van der Waals surface area contributed by atoms with Crippen molar-refractivity contribution >= 4 is 21.6 Å². The summed E-state index contributed by atoms with van der Waals surface area (Å²) in [6, 6.07) is 5.15. The predicted molar refractivity (Wildman–Crippen MR) is 52.8 cm³/mol. The standard InChI is InChI=1S/C8H10N2O3S/c1-14(12,13)7-4-2-3-6(5-7)10-8(9)11/h2-5H,1H3,(H3,9,10,11). The van der Waals surface area contributed by atoms with Gasteiger partial charge in [0, 0.05) is 11.9 Å². The first-order valence-corrected chi connectivity index (χ1v) is 5.65. The van der Waals surface area contributed by atoms with Crippen molar-refractivity contribution in [3.05, 3.63) is 24.3 Å². The summed E-state index contributed by atoms with van der Waals surface area (Å²) >= 11 is 0.